The maximum atomic E-state index is 14.0. The van der Waals surface area contributed by atoms with Gasteiger partial charge in [-0.1, -0.05) is 67.1 Å². The molecule has 0 N–H and O–H groups in total. The van der Waals surface area contributed by atoms with E-state index in [1.807, 2.05) is 65.6 Å². The Morgan fingerprint density at radius 1 is 1.06 bits per heavy atom. The number of hydrogen-bond donors (Lipinski definition) is 0. The lowest BCUT2D eigenvalue weighted by Crippen LogP contribution is -2.59. The van der Waals surface area contributed by atoms with Gasteiger partial charge < -0.3 is 14.5 Å². The highest BCUT2D eigenvalue weighted by atomic mass is 32.2. The zero-order chi connectivity index (χ0) is 23.0. The van der Waals surface area contributed by atoms with Gasteiger partial charge in [0.2, 0.25) is 0 Å². The molecule has 2 heterocycles. The maximum Gasteiger partial charge on any atom is 0.322 e. The van der Waals surface area contributed by atoms with E-state index in [-0.39, 0.29) is 23.2 Å². The molecular weight excluding hydrogens is 436 g/mol. The standard InChI is InChI=1S/C26H28N2O4S/c1-32-24(30)26(15-9-8-14-21(26)29)22-20-17-33-23(19-12-6-3-7-13-19)28(20)25(31)27(22)16-18-10-4-2-5-11-18/h2-7,10-13,20,22-23H,8-9,14-17H2,1H3/t20-,22?,23-,26?/m0/s1. The first-order valence-electron chi connectivity index (χ1n) is 11.5. The minimum atomic E-state index is -1.32. The SMILES string of the molecule is COC(=O)C1(C2[C@@H]3CS[C@@H](c4ccccc4)N3C(=O)N2Cc2ccccc2)CCCCC1=O. The van der Waals surface area contributed by atoms with Gasteiger partial charge in [-0.25, -0.2) is 4.79 Å². The number of nitrogens with zero attached hydrogens (tertiary/aromatic N) is 2. The van der Waals surface area contributed by atoms with Gasteiger partial charge in [0.15, 0.2) is 5.78 Å². The van der Waals surface area contributed by atoms with Crippen LogP contribution in [-0.2, 0) is 20.9 Å². The van der Waals surface area contributed by atoms with Crippen LogP contribution in [0.1, 0.15) is 42.2 Å². The van der Waals surface area contributed by atoms with E-state index in [1.54, 1.807) is 16.7 Å². The van der Waals surface area contributed by atoms with Crippen LogP contribution in [0.4, 0.5) is 4.79 Å². The van der Waals surface area contributed by atoms with E-state index in [0.717, 1.165) is 24.0 Å². The van der Waals surface area contributed by atoms with Gasteiger partial charge in [-0.15, -0.1) is 11.8 Å². The lowest BCUT2D eigenvalue weighted by Gasteiger charge is -2.42. The van der Waals surface area contributed by atoms with Crippen LogP contribution in [0, 0.1) is 5.41 Å². The highest BCUT2D eigenvalue weighted by molar-refractivity contribution is 7.99. The predicted octanol–water partition coefficient (Wildman–Crippen LogP) is 4.41. The Morgan fingerprint density at radius 2 is 1.76 bits per heavy atom. The fourth-order valence-corrected chi connectivity index (χ4v) is 7.26. The molecule has 3 fully saturated rings. The van der Waals surface area contributed by atoms with Crippen molar-refractivity contribution in [3.63, 3.8) is 0 Å². The van der Waals surface area contributed by atoms with Crippen LogP contribution in [-0.4, -0.2) is 52.5 Å². The van der Waals surface area contributed by atoms with Gasteiger partial charge >= 0.3 is 12.0 Å². The number of ether oxygens (including phenoxy) is 1. The number of esters is 1. The molecule has 172 valence electrons. The molecule has 33 heavy (non-hydrogen) atoms. The van der Waals surface area contributed by atoms with E-state index in [0.29, 0.717) is 25.1 Å². The van der Waals surface area contributed by atoms with Crippen molar-refractivity contribution in [3.05, 3.63) is 71.8 Å². The summed E-state index contributed by atoms with van der Waals surface area (Å²) < 4.78 is 5.25. The zero-order valence-electron chi connectivity index (χ0n) is 18.7. The van der Waals surface area contributed by atoms with Crippen LogP contribution in [0.3, 0.4) is 0 Å². The smallest absolute Gasteiger partial charge is 0.322 e. The van der Waals surface area contributed by atoms with Crippen LogP contribution in [0.15, 0.2) is 60.7 Å². The predicted molar refractivity (Wildman–Crippen MR) is 126 cm³/mol. The maximum absolute atomic E-state index is 14.0. The van der Waals surface area contributed by atoms with E-state index in [4.69, 9.17) is 4.74 Å². The summed E-state index contributed by atoms with van der Waals surface area (Å²) in [7, 11) is 1.35. The monoisotopic (exact) mass is 464 g/mol. The topological polar surface area (TPSA) is 66.9 Å². The van der Waals surface area contributed by atoms with Gasteiger partial charge in [0.1, 0.15) is 10.8 Å². The number of carbonyl (C=O) groups excluding carboxylic acids is 3. The molecule has 0 aromatic heterocycles. The van der Waals surface area contributed by atoms with Crippen LogP contribution < -0.4 is 0 Å². The number of urea groups is 1. The van der Waals surface area contributed by atoms with Gasteiger partial charge in [0.05, 0.1) is 19.2 Å². The number of thioether (sulfide) groups is 1. The third-order valence-corrected chi connectivity index (χ3v) is 8.61. The second kappa shape index (κ2) is 8.86. The molecule has 2 amide bonds. The quantitative estimate of drug-likeness (QED) is 0.484. The molecule has 6 nitrogen and oxygen atoms in total. The van der Waals surface area contributed by atoms with Crippen molar-refractivity contribution in [2.45, 2.75) is 49.7 Å². The second-order valence-corrected chi connectivity index (χ2v) is 10.1. The number of carbonyl (C=O) groups is 3. The number of Topliss-reactive ketones (excluding diaryl/α,β-unsaturated/α-hetero) is 1. The van der Waals surface area contributed by atoms with E-state index >= 15 is 0 Å². The van der Waals surface area contributed by atoms with Crippen LogP contribution in [0.5, 0.6) is 0 Å². The number of fused-ring (bicyclic) bond motifs is 1. The van der Waals surface area contributed by atoms with Crippen molar-refractivity contribution in [2.24, 2.45) is 5.41 Å². The lowest BCUT2D eigenvalue weighted by atomic mass is 9.66. The molecule has 2 aliphatic heterocycles. The number of hydrogen-bond acceptors (Lipinski definition) is 5. The number of amides is 2. The summed E-state index contributed by atoms with van der Waals surface area (Å²) in [6, 6.07) is 18.8. The average molecular weight is 465 g/mol. The zero-order valence-corrected chi connectivity index (χ0v) is 19.5. The lowest BCUT2D eigenvalue weighted by molar-refractivity contribution is -0.165. The molecule has 0 spiro atoms. The summed E-state index contributed by atoms with van der Waals surface area (Å²) in [6.07, 6.45) is 2.31. The number of methoxy groups -OCH3 is 1. The Bertz CT molecular complexity index is 1040. The first kappa shape index (κ1) is 22.0. The van der Waals surface area contributed by atoms with Crippen molar-refractivity contribution in [2.75, 3.05) is 12.9 Å². The molecule has 5 rings (SSSR count). The number of benzene rings is 2. The van der Waals surface area contributed by atoms with E-state index in [1.165, 1.54) is 7.11 Å². The summed E-state index contributed by atoms with van der Waals surface area (Å²) in [5.74, 6) is 0.0809. The van der Waals surface area contributed by atoms with Crippen molar-refractivity contribution >= 4 is 29.5 Å². The number of rotatable bonds is 5. The van der Waals surface area contributed by atoms with Crippen molar-refractivity contribution in [1.82, 2.24) is 9.80 Å². The third kappa shape index (κ3) is 3.53. The summed E-state index contributed by atoms with van der Waals surface area (Å²) in [5.41, 5.74) is 0.716. The Kier molecular flexibility index (Phi) is 5.91. The van der Waals surface area contributed by atoms with Gasteiger partial charge in [-0.2, -0.15) is 0 Å². The Hall–Kier alpha value is -2.80. The summed E-state index contributed by atoms with van der Waals surface area (Å²) >= 11 is 1.70. The molecule has 1 saturated carbocycles. The molecule has 0 bridgehead atoms. The molecule has 2 saturated heterocycles. The highest BCUT2D eigenvalue weighted by Crippen LogP contribution is 2.53. The summed E-state index contributed by atoms with van der Waals surface area (Å²) in [5, 5.41) is -0.139. The Labute approximate surface area is 198 Å². The van der Waals surface area contributed by atoms with Gasteiger partial charge in [-0.05, 0) is 24.0 Å². The fourth-order valence-electron chi connectivity index (χ4n) is 5.78. The average Bonchev–Trinajstić information content (AvgIpc) is 3.40. The first-order chi connectivity index (χ1) is 16.1. The van der Waals surface area contributed by atoms with Gasteiger partial charge in [0, 0.05) is 18.7 Å². The Morgan fingerprint density at radius 3 is 2.42 bits per heavy atom. The van der Waals surface area contributed by atoms with E-state index in [2.05, 4.69) is 0 Å². The summed E-state index contributed by atoms with van der Waals surface area (Å²) in [4.78, 5) is 44.4. The third-order valence-electron chi connectivity index (χ3n) is 7.26. The molecule has 3 aliphatic rings. The van der Waals surface area contributed by atoms with Gasteiger partial charge in [0.25, 0.3) is 0 Å². The fraction of sp³-hybridized carbons (Fsp3) is 0.423. The molecule has 4 atom stereocenters. The first-order valence-corrected chi connectivity index (χ1v) is 12.5. The van der Waals surface area contributed by atoms with Crippen molar-refractivity contribution in [1.29, 1.82) is 0 Å². The number of ketones is 1. The van der Waals surface area contributed by atoms with E-state index in [9.17, 15) is 14.4 Å². The van der Waals surface area contributed by atoms with E-state index < -0.39 is 17.4 Å². The minimum Gasteiger partial charge on any atom is -0.468 e. The molecule has 7 heteroatoms. The molecular formula is C26H28N2O4S. The van der Waals surface area contributed by atoms with Crippen molar-refractivity contribution < 1.29 is 19.1 Å². The molecule has 1 aliphatic carbocycles. The van der Waals surface area contributed by atoms with Crippen LogP contribution in [0.2, 0.25) is 0 Å². The Balaban J connectivity index is 1.61. The second-order valence-electron chi connectivity index (χ2n) is 9.01. The summed E-state index contributed by atoms with van der Waals surface area (Å²) in [6.45, 7) is 0.357. The highest BCUT2D eigenvalue weighted by Gasteiger charge is 2.65. The normalized spacial score (nSPS) is 29.3. The minimum absolute atomic E-state index is 0.0912. The van der Waals surface area contributed by atoms with Crippen molar-refractivity contribution in [3.8, 4) is 0 Å². The molecule has 2 unspecified atom stereocenters. The van der Waals surface area contributed by atoms with Crippen LogP contribution >= 0.6 is 11.8 Å². The molecule has 2 aromatic rings. The molecule has 2 aromatic carbocycles. The largest absolute Gasteiger partial charge is 0.468 e. The molecule has 0 radical (unpaired) electrons. The van der Waals surface area contributed by atoms with Gasteiger partial charge in [-0.3, -0.25) is 9.59 Å². The van der Waals surface area contributed by atoms with Crippen LogP contribution in [0.25, 0.3) is 0 Å².